The Labute approximate surface area is 139 Å². The van der Waals surface area contributed by atoms with Crippen molar-refractivity contribution in [2.75, 3.05) is 0 Å². The van der Waals surface area contributed by atoms with E-state index in [1.54, 1.807) is 4.68 Å². The van der Waals surface area contributed by atoms with Gasteiger partial charge in [-0.3, -0.25) is 4.79 Å². The normalized spacial score (nSPS) is 12.4. The van der Waals surface area contributed by atoms with Gasteiger partial charge in [-0.2, -0.15) is 5.10 Å². The lowest BCUT2D eigenvalue weighted by molar-refractivity contribution is 0.0878. The second kappa shape index (κ2) is 6.31. The van der Waals surface area contributed by atoms with Crippen LogP contribution in [0.1, 0.15) is 69.7 Å². The van der Waals surface area contributed by atoms with Crippen molar-refractivity contribution in [1.29, 1.82) is 0 Å². The Kier molecular flexibility index (Phi) is 4.79. The van der Waals surface area contributed by atoms with Crippen LogP contribution in [-0.4, -0.2) is 15.7 Å². The molecule has 0 spiro atoms. The molecule has 3 nitrogen and oxygen atoms in total. The molecule has 0 N–H and O–H groups in total. The largest absolute Gasteiger partial charge is 0.273 e. The molecule has 2 rings (SSSR count). The lowest BCUT2D eigenvalue weighted by Crippen LogP contribution is -2.24. The zero-order chi connectivity index (χ0) is 17.3. The molecule has 0 saturated carbocycles. The summed E-state index contributed by atoms with van der Waals surface area (Å²) in [6.45, 7) is 12.7. The van der Waals surface area contributed by atoms with E-state index < -0.39 is 0 Å². The number of aromatic nitrogens is 2. The third-order valence-electron chi connectivity index (χ3n) is 3.95. The Morgan fingerprint density at radius 2 is 1.61 bits per heavy atom. The molecule has 0 fully saturated rings. The molecule has 0 saturated heterocycles. The Morgan fingerprint density at radius 3 is 2.13 bits per heavy atom. The van der Waals surface area contributed by atoms with E-state index in [0.29, 0.717) is 6.42 Å². The number of carbonyl (C=O) groups is 1. The van der Waals surface area contributed by atoms with Gasteiger partial charge in [-0.25, -0.2) is 4.68 Å². The molecule has 0 unspecified atom stereocenters. The van der Waals surface area contributed by atoms with Crippen molar-refractivity contribution in [2.45, 2.75) is 65.2 Å². The van der Waals surface area contributed by atoms with Crippen molar-refractivity contribution in [3.05, 3.63) is 53.3 Å². The maximum absolute atomic E-state index is 12.7. The van der Waals surface area contributed by atoms with Crippen molar-refractivity contribution in [1.82, 2.24) is 9.78 Å². The molecule has 0 aliphatic rings. The standard InChI is InChI=1S/C20H28N2O/c1-19(2,3)16-14-17(20(4,5)6)22(21-16)18(23)13-12-15-10-8-7-9-11-15/h7-11,14H,12-13H2,1-6H3. The van der Waals surface area contributed by atoms with Crippen LogP contribution in [-0.2, 0) is 17.3 Å². The molecule has 1 aromatic carbocycles. The summed E-state index contributed by atoms with van der Waals surface area (Å²) in [5, 5.41) is 4.63. The molecule has 124 valence electrons. The quantitative estimate of drug-likeness (QED) is 0.819. The van der Waals surface area contributed by atoms with Gasteiger partial charge < -0.3 is 0 Å². The van der Waals surface area contributed by atoms with Gasteiger partial charge >= 0.3 is 0 Å². The molecule has 1 heterocycles. The SMILES string of the molecule is CC(C)(C)c1cc(C(C)(C)C)n(C(=O)CCc2ccccc2)n1. The third-order valence-corrected chi connectivity index (χ3v) is 3.95. The van der Waals surface area contributed by atoms with Crippen LogP contribution in [0, 0.1) is 0 Å². The number of hydrogen-bond donors (Lipinski definition) is 0. The van der Waals surface area contributed by atoms with Crippen molar-refractivity contribution in [2.24, 2.45) is 0 Å². The number of nitrogens with zero attached hydrogens (tertiary/aromatic N) is 2. The number of hydrogen-bond acceptors (Lipinski definition) is 2. The molecule has 0 amide bonds. The highest BCUT2D eigenvalue weighted by molar-refractivity contribution is 5.79. The Balaban J connectivity index is 2.26. The van der Waals surface area contributed by atoms with Gasteiger partial charge in [0.2, 0.25) is 5.91 Å². The van der Waals surface area contributed by atoms with Crippen LogP contribution in [0.3, 0.4) is 0 Å². The highest BCUT2D eigenvalue weighted by atomic mass is 16.2. The lowest BCUT2D eigenvalue weighted by atomic mass is 9.88. The smallest absolute Gasteiger partial charge is 0.247 e. The number of rotatable bonds is 3. The minimum Gasteiger partial charge on any atom is -0.273 e. The van der Waals surface area contributed by atoms with Crippen molar-refractivity contribution in [3.63, 3.8) is 0 Å². The maximum Gasteiger partial charge on any atom is 0.247 e. The Bertz CT molecular complexity index is 670. The first-order valence-electron chi connectivity index (χ1n) is 8.27. The van der Waals surface area contributed by atoms with E-state index in [1.165, 1.54) is 5.56 Å². The van der Waals surface area contributed by atoms with Crippen LogP contribution in [0.25, 0.3) is 0 Å². The lowest BCUT2D eigenvalue weighted by Gasteiger charge is -2.19. The summed E-state index contributed by atoms with van der Waals surface area (Å²) < 4.78 is 1.63. The summed E-state index contributed by atoms with van der Waals surface area (Å²) in [6, 6.07) is 12.2. The zero-order valence-electron chi connectivity index (χ0n) is 15.2. The fraction of sp³-hybridized carbons (Fsp3) is 0.500. The fourth-order valence-electron chi connectivity index (χ4n) is 2.47. The van der Waals surface area contributed by atoms with Crippen molar-refractivity contribution >= 4 is 5.91 Å². The van der Waals surface area contributed by atoms with E-state index in [4.69, 9.17) is 0 Å². The topological polar surface area (TPSA) is 34.9 Å². The van der Waals surface area contributed by atoms with Gasteiger partial charge in [-0.15, -0.1) is 0 Å². The van der Waals surface area contributed by atoms with Crippen LogP contribution in [0.2, 0.25) is 0 Å². The first kappa shape index (κ1) is 17.5. The van der Waals surface area contributed by atoms with Crippen LogP contribution in [0.4, 0.5) is 0 Å². The minimum absolute atomic E-state index is 0.0641. The van der Waals surface area contributed by atoms with E-state index in [2.05, 4.69) is 64.8 Å². The summed E-state index contributed by atoms with van der Waals surface area (Å²) in [4.78, 5) is 12.7. The molecule has 0 bridgehead atoms. The minimum atomic E-state index is -0.112. The first-order chi connectivity index (χ1) is 10.6. The second-order valence-corrected chi connectivity index (χ2v) is 8.21. The zero-order valence-corrected chi connectivity index (χ0v) is 15.2. The van der Waals surface area contributed by atoms with Gasteiger partial charge in [-0.1, -0.05) is 71.9 Å². The van der Waals surface area contributed by atoms with Gasteiger partial charge in [0, 0.05) is 17.3 Å². The van der Waals surface area contributed by atoms with E-state index in [-0.39, 0.29) is 16.7 Å². The predicted molar refractivity (Wildman–Crippen MR) is 95.0 cm³/mol. The fourth-order valence-corrected chi connectivity index (χ4v) is 2.47. The highest BCUT2D eigenvalue weighted by Gasteiger charge is 2.27. The molecule has 2 aromatic rings. The van der Waals surface area contributed by atoms with Crippen LogP contribution in [0.15, 0.2) is 36.4 Å². The summed E-state index contributed by atoms with van der Waals surface area (Å²) in [6.07, 6.45) is 1.21. The molecule has 3 heteroatoms. The number of aryl methyl sites for hydroxylation is 1. The summed E-state index contributed by atoms with van der Waals surface area (Å²) in [5.74, 6) is 0.0641. The average molecular weight is 312 g/mol. The Hall–Kier alpha value is -1.90. The van der Waals surface area contributed by atoms with Gasteiger partial charge in [-0.05, 0) is 18.1 Å². The summed E-state index contributed by atoms with van der Waals surface area (Å²) in [7, 11) is 0. The van der Waals surface area contributed by atoms with Gasteiger partial charge in [0.25, 0.3) is 0 Å². The summed E-state index contributed by atoms with van der Waals surface area (Å²) >= 11 is 0. The third kappa shape index (κ3) is 4.31. The van der Waals surface area contributed by atoms with Crippen LogP contribution >= 0.6 is 0 Å². The predicted octanol–water partition coefficient (Wildman–Crippen LogP) is 4.75. The first-order valence-corrected chi connectivity index (χ1v) is 8.27. The Morgan fingerprint density at radius 1 is 1.00 bits per heavy atom. The molecule has 23 heavy (non-hydrogen) atoms. The molecule has 0 aliphatic heterocycles. The second-order valence-electron chi connectivity index (χ2n) is 8.21. The molecular formula is C20H28N2O. The monoisotopic (exact) mass is 312 g/mol. The maximum atomic E-state index is 12.7. The summed E-state index contributed by atoms with van der Waals surface area (Å²) in [5.41, 5.74) is 2.96. The van der Waals surface area contributed by atoms with E-state index in [1.807, 2.05) is 18.2 Å². The van der Waals surface area contributed by atoms with E-state index in [9.17, 15) is 4.79 Å². The molecular weight excluding hydrogens is 284 g/mol. The average Bonchev–Trinajstić information content (AvgIpc) is 2.91. The molecule has 0 radical (unpaired) electrons. The van der Waals surface area contributed by atoms with Gasteiger partial charge in [0.1, 0.15) is 0 Å². The van der Waals surface area contributed by atoms with Gasteiger partial charge in [0.15, 0.2) is 0 Å². The van der Waals surface area contributed by atoms with Crippen LogP contribution < -0.4 is 0 Å². The highest BCUT2D eigenvalue weighted by Crippen LogP contribution is 2.28. The van der Waals surface area contributed by atoms with Crippen molar-refractivity contribution < 1.29 is 4.79 Å². The molecule has 1 aromatic heterocycles. The molecule has 0 atom stereocenters. The van der Waals surface area contributed by atoms with Crippen molar-refractivity contribution in [3.8, 4) is 0 Å². The van der Waals surface area contributed by atoms with E-state index in [0.717, 1.165) is 17.8 Å². The molecule has 0 aliphatic carbocycles. The van der Waals surface area contributed by atoms with Crippen LogP contribution in [0.5, 0.6) is 0 Å². The number of carbonyl (C=O) groups excluding carboxylic acids is 1. The van der Waals surface area contributed by atoms with E-state index >= 15 is 0 Å². The van der Waals surface area contributed by atoms with Gasteiger partial charge in [0.05, 0.1) is 11.4 Å². The number of benzene rings is 1.